The largest absolute Gasteiger partial charge is 0.352 e. The van der Waals surface area contributed by atoms with Crippen LogP contribution in [0.1, 0.15) is 6.42 Å². The molecular weight excluding hydrogens is 367 g/mol. The van der Waals surface area contributed by atoms with Crippen LogP contribution in [0.5, 0.6) is 0 Å². The Hall–Kier alpha value is -1.94. The van der Waals surface area contributed by atoms with Crippen molar-refractivity contribution in [2.75, 3.05) is 17.3 Å². The summed E-state index contributed by atoms with van der Waals surface area (Å²) in [4.78, 5) is 12.0. The van der Waals surface area contributed by atoms with Crippen LogP contribution in [0.15, 0.2) is 29.4 Å². The molecule has 1 aliphatic heterocycles. The molecule has 1 atom stereocenters. The fourth-order valence-electron chi connectivity index (χ4n) is 2.60. The topological polar surface area (TPSA) is 94.0 Å². The van der Waals surface area contributed by atoms with Gasteiger partial charge in [-0.05, 0) is 30.7 Å². The summed E-state index contributed by atoms with van der Waals surface area (Å²) in [7, 11) is -1.25. The Morgan fingerprint density at radius 2 is 2.08 bits per heavy atom. The molecule has 0 aliphatic carbocycles. The number of amides is 1. The molecule has 2 aromatic rings. The first-order chi connectivity index (χ1) is 11.8. The molecule has 1 aromatic heterocycles. The number of hydrogen-bond acceptors (Lipinski definition) is 6. The third kappa shape index (κ3) is 4.37. The van der Waals surface area contributed by atoms with E-state index >= 15 is 0 Å². The van der Waals surface area contributed by atoms with Gasteiger partial charge in [0, 0.05) is 18.7 Å². The van der Waals surface area contributed by atoms with E-state index in [4.69, 9.17) is 0 Å². The number of rotatable bonds is 5. The molecule has 0 unspecified atom stereocenters. The van der Waals surface area contributed by atoms with Crippen LogP contribution in [-0.4, -0.2) is 52.4 Å². The molecule has 0 radical (unpaired) electrons. The average molecular weight is 384 g/mol. The smallest absolute Gasteiger partial charge is 0.230 e. The quantitative estimate of drug-likeness (QED) is 0.774. The lowest BCUT2D eigenvalue weighted by Crippen LogP contribution is -2.36. The van der Waals surface area contributed by atoms with Gasteiger partial charge in [-0.1, -0.05) is 11.8 Å². The van der Waals surface area contributed by atoms with E-state index in [1.807, 2.05) is 0 Å². The first-order valence-electron chi connectivity index (χ1n) is 7.62. The number of nitrogens with one attached hydrogen (secondary N) is 1. The highest BCUT2D eigenvalue weighted by Gasteiger charge is 2.28. The Labute approximate surface area is 148 Å². The third-order valence-corrected chi connectivity index (χ3v) is 6.66. The molecule has 1 N–H and O–H groups in total. The van der Waals surface area contributed by atoms with Gasteiger partial charge < -0.3 is 9.88 Å². The van der Waals surface area contributed by atoms with Crippen molar-refractivity contribution in [1.29, 1.82) is 0 Å². The summed E-state index contributed by atoms with van der Waals surface area (Å²) in [5.74, 6) is 0.248. The SMILES string of the molecule is Cn1c(SCC(=O)N[C@@H]2CCS(=O)(=O)C2)nnc1-c1ccc(F)cc1. The minimum Gasteiger partial charge on any atom is -0.352 e. The van der Waals surface area contributed by atoms with Crippen LogP contribution >= 0.6 is 11.8 Å². The van der Waals surface area contributed by atoms with Crippen LogP contribution in [0.3, 0.4) is 0 Å². The van der Waals surface area contributed by atoms with E-state index < -0.39 is 9.84 Å². The molecule has 0 spiro atoms. The molecular formula is C15H17FN4O3S2. The van der Waals surface area contributed by atoms with Gasteiger partial charge in [-0.15, -0.1) is 10.2 Å². The number of halogens is 1. The van der Waals surface area contributed by atoms with Crippen molar-refractivity contribution in [3.05, 3.63) is 30.1 Å². The van der Waals surface area contributed by atoms with E-state index in [0.29, 0.717) is 17.4 Å². The highest BCUT2D eigenvalue weighted by molar-refractivity contribution is 7.99. The molecule has 134 valence electrons. The Morgan fingerprint density at radius 1 is 1.36 bits per heavy atom. The third-order valence-electron chi connectivity index (χ3n) is 3.87. The van der Waals surface area contributed by atoms with Crippen LogP contribution in [0.4, 0.5) is 4.39 Å². The number of nitrogens with zero attached hydrogens (tertiary/aromatic N) is 3. The number of thioether (sulfide) groups is 1. The zero-order valence-electron chi connectivity index (χ0n) is 13.5. The van der Waals surface area contributed by atoms with Crippen molar-refractivity contribution < 1.29 is 17.6 Å². The van der Waals surface area contributed by atoms with Gasteiger partial charge in [-0.25, -0.2) is 12.8 Å². The maximum absolute atomic E-state index is 13.0. The maximum atomic E-state index is 13.0. The summed E-state index contributed by atoms with van der Waals surface area (Å²) in [6.07, 6.45) is 0.456. The minimum absolute atomic E-state index is 0.00207. The van der Waals surface area contributed by atoms with Crippen molar-refractivity contribution in [1.82, 2.24) is 20.1 Å². The average Bonchev–Trinajstić information content (AvgIpc) is 3.08. The molecule has 1 fully saturated rings. The van der Waals surface area contributed by atoms with E-state index in [-0.39, 0.29) is 35.0 Å². The van der Waals surface area contributed by atoms with Gasteiger partial charge in [-0.3, -0.25) is 4.79 Å². The summed E-state index contributed by atoms with van der Waals surface area (Å²) in [6.45, 7) is 0. The standard InChI is InChI=1S/C15H17FN4O3S2/c1-20-14(10-2-4-11(16)5-3-10)18-19-15(20)24-8-13(21)17-12-6-7-25(22,23)9-12/h2-5,12H,6-9H2,1H3,(H,17,21)/t12-/m1/s1. The van der Waals surface area contributed by atoms with Crippen molar-refractivity contribution in [3.63, 3.8) is 0 Å². The number of hydrogen-bond donors (Lipinski definition) is 1. The van der Waals surface area contributed by atoms with Crippen LogP contribution in [0.25, 0.3) is 11.4 Å². The van der Waals surface area contributed by atoms with E-state index in [2.05, 4.69) is 15.5 Å². The van der Waals surface area contributed by atoms with Gasteiger partial charge in [0.2, 0.25) is 5.91 Å². The zero-order valence-corrected chi connectivity index (χ0v) is 15.1. The first kappa shape index (κ1) is 17.9. The second kappa shape index (κ2) is 7.12. The molecule has 1 saturated heterocycles. The van der Waals surface area contributed by atoms with E-state index in [1.165, 1.54) is 23.9 Å². The predicted octanol–water partition coefficient (Wildman–Crippen LogP) is 1.02. The number of sulfone groups is 1. The zero-order chi connectivity index (χ0) is 18.0. The predicted molar refractivity (Wildman–Crippen MR) is 92.3 cm³/mol. The van der Waals surface area contributed by atoms with Gasteiger partial charge in [0.25, 0.3) is 0 Å². The lowest BCUT2D eigenvalue weighted by atomic mass is 10.2. The maximum Gasteiger partial charge on any atom is 0.230 e. The molecule has 10 heteroatoms. The molecule has 0 bridgehead atoms. The summed E-state index contributed by atoms with van der Waals surface area (Å²) < 4.78 is 37.5. The van der Waals surface area contributed by atoms with Crippen LogP contribution in [-0.2, 0) is 21.7 Å². The van der Waals surface area contributed by atoms with Crippen molar-refractivity contribution in [2.45, 2.75) is 17.6 Å². The first-order valence-corrected chi connectivity index (χ1v) is 10.4. The van der Waals surface area contributed by atoms with E-state index in [9.17, 15) is 17.6 Å². The van der Waals surface area contributed by atoms with Crippen molar-refractivity contribution >= 4 is 27.5 Å². The molecule has 3 rings (SSSR count). The van der Waals surface area contributed by atoms with Crippen LogP contribution < -0.4 is 5.32 Å². The summed E-state index contributed by atoms with van der Waals surface area (Å²) in [6, 6.07) is 5.61. The Bertz CT molecular complexity index is 881. The molecule has 7 nitrogen and oxygen atoms in total. The number of carbonyl (C=O) groups excluding carboxylic acids is 1. The van der Waals surface area contributed by atoms with Gasteiger partial charge in [0.15, 0.2) is 20.8 Å². The monoisotopic (exact) mass is 384 g/mol. The lowest BCUT2D eigenvalue weighted by Gasteiger charge is -2.10. The molecule has 1 amide bonds. The van der Waals surface area contributed by atoms with Crippen LogP contribution in [0.2, 0.25) is 0 Å². The summed E-state index contributed by atoms with van der Waals surface area (Å²) >= 11 is 1.21. The van der Waals surface area contributed by atoms with E-state index in [0.717, 1.165) is 5.56 Å². The highest BCUT2D eigenvalue weighted by Crippen LogP contribution is 2.22. The number of carbonyl (C=O) groups is 1. The minimum atomic E-state index is -3.02. The normalized spacial score (nSPS) is 19.0. The van der Waals surface area contributed by atoms with Crippen LogP contribution in [0, 0.1) is 5.82 Å². The lowest BCUT2D eigenvalue weighted by molar-refractivity contribution is -0.119. The fourth-order valence-corrected chi connectivity index (χ4v) is 4.99. The van der Waals surface area contributed by atoms with Crippen molar-refractivity contribution in [3.8, 4) is 11.4 Å². The van der Waals surface area contributed by atoms with Gasteiger partial charge in [-0.2, -0.15) is 0 Å². The Balaban J connectivity index is 1.59. The second-order valence-corrected chi connectivity index (χ2v) is 9.00. The Morgan fingerprint density at radius 3 is 2.72 bits per heavy atom. The Kier molecular flexibility index (Phi) is 5.09. The summed E-state index contributed by atoms with van der Waals surface area (Å²) in [5.41, 5.74) is 0.726. The van der Waals surface area contributed by atoms with Gasteiger partial charge in [0.1, 0.15) is 5.82 Å². The van der Waals surface area contributed by atoms with Crippen molar-refractivity contribution in [2.24, 2.45) is 7.05 Å². The molecule has 1 aromatic carbocycles. The van der Waals surface area contributed by atoms with Gasteiger partial charge in [0.05, 0.1) is 17.3 Å². The highest BCUT2D eigenvalue weighted by atomic mass is 32.2. The molecule has 1 aliphatic rings. The van der Waals surface area contributed by atoms with Gasteiger partial charge >= 0.3 is 0 Å². The van der Waals surface area contributed by atoms with E-state index in [1.54, 1.807) is 23.7 Å². The number of benzene rings is 1. The second-order valence-electron chi connectivity index (χ2n) is 5.83. The molecule has 2 heterocycles. The summed E-state index contributed by atoms with van der Waals surface area (Å²) in [5, 5.41) is 11.4. The molecule has 0 saturated carbocycles. The fraction of sp³-hybridized carbons (Fsp3) is 0.400. The number of aromatic nitrogens is 3. The molecule has 25 heavy (non-hydrogen) atoms.